The van der Waals surface area contributed by atoms with E-state index in [1.807, 2.05) is 0 Å². The second-order valence-corrected chi connectivity index (χ2v) is 5.72. The van der Waals surface area contributed by atoms with Gasteiger partial charge in [-0.1, -0.05) is 26.2 Å². The van der Waals surface area contributed by atoms with Crippen molar-refractivity contribution < 1.29 is 4.74 Å². The van der Waals surface area contributed by atoms with Crippen LogP contribution in [0.1, 0.15) is 65.2 Å². The zero-order chi connectivity index (χ0) is 11.4. The lowest BCUT2D eigenvalue weighted by Gasteiger charge is -2.33. The third-order valence-corrected chi connectivity index (χ3v) is 4.27. The first-order chi connectivity index (χ1) is 7.74. The van der Waals surface area contributed by atoms with E-state index in [0.717, 1.165) is 6.54 Å². The molecule has 0 bridgehead atoms. The van der Waals surface area contributed by atoms with E-state index in [9.17, 15) is 0 Å². The van der Waals surface area contributed by atoms with E-state index in [0.29, 0.717) is 17.7 Å². The van der Waals surface area contributed by atoms with Gasteiger partial charge in [-0.15, -0.1) is 0 Å². The van der Waals surface area contributed by atoms with Crippen molar-refractivity contribution in [1.82, 2.24) is 5.32 Å². The van der Waals surface area contributed by atoms with Crippen LogP contribution in [0.5, 0.6) is 0 Å². The van der Waals surface area contributed by atoms with Crippen molar-refractivity contribution in [1.29, 1.82) is 0 Å². The van der Waals surface area contributed by atoms with E-state index in [2.05, 4.69) is 19.2 Å². The van der Waals surface area contributed by atoms with Crippen LogP contribution >= 0.6 is 0 Å². The summed E-state index contributed by atoms with van der Waals surface area (Å²) in [5.41, 5.74) is 0.300. The van der Waals surface area contributed by atoms with Gasteiger partial charge in [0, 0.05) is 6.04 Å². The van der Waals surface area contributed by atoms with Gasteiger partial charge in [-0.2, -0.15) is 0 Å². The molecule has 94 valence electrons. The highest BCUT2D eigenvalue weighted by molar-refractivity contribution is 4.91. The van der Waals surface area contributed by atoms with E-state index in [1.54, 1.807) is 0 Å². The van der Waals surface area contributed by atoms with Crippen molar-refractivity contribution in [3.05, 3.63) is 0 Å². The first-order valence-electron chi connectivity index (χ1n) is 7.15. The van der Waals surface area contributed by atoms with Crippen molar-refractivity contribution in [3.8, 4) is 0 Å². The maximum atomic E-state index is 6.37. The third-order valence-electron chi connectivity index (χ3n) is 4.27. The topological polar surface area (TPSA) is 21.3 Å². The molecule has 0 aromatic carbocycles. The van der Waals surface area contributed by atoms with Gasteiger partial charge in [-0.05, 0) is 45.6 Å². The minimum Gasteiger partial charge on any atom is -0.372 e. The van der Waals surface area contributed by atoms with Gasteiger partial charge in [0.05, 0.1) is 11.7 Å². The van der Waals surface area contributed by atoms with Crippen LogP contribution in [-0.2, 0) is 4.74 Å². The van der Waals surface area contributed by atoms with Gasteiger partial charge in [0.25, 0.3) is 0 Å². The van der Waals surface area contributed by atoms with Gasteiger partial charge in [0.2, 0.25) is 0 Å². The molecule has 2 aliphatic rings. The molecule has 2 heteroatoms. The number of hydrogen-bond donors (Lipinski definition) is 1. The highest BCUT2D eigenvalue weighted by atomic mass is 16.5. The lowest BCUT2D eigenvalue weighted by molar-refractivity contribution is -0.0675. The molecule has 1 saturated carbocycles. The predicted molar refractivity (Wildman–Crippen MR) is 67.7 cm³/mol. The summed E-state index contributed by atoms with van der Waals surface area (Å²) < 4.78 is 6.37. The summed E-state index contributed by atoms with van der Waals surface area (Å²) in [7, 11) is 0. The monoisotopic (exact) mass is 225 g/mol. The summed E-state index contributed by atoms with van der Waals surface area (Å²) in [6.07, 6.45) is 11.1. The number of ether oxygens (including phenoxy) is 1. The van der Waals surface area contributed by atoms with Crippen molar-refractivity contribution in [2.24, 2.45) is 0 Å². The van der Waals surface area contributed by atoms with Crippen LogP contribution in [0.15, 0.2) is 0 Å². The lowest BCUT2D eigenvalue weighted by atomic mass is 9.83. The Morgan fingerprint density at radius 1 is 1.25 bits per heavy atom. The molecule has 1 N–H and O–H groups in total. The average Bonchev–Trinajstić information content (AvgIpc) is 2.63. The SMILES string of the molecule is CCNC(C)CC1CCC2(CCCCC2)O1. The molecule has 0 aromatic rings. The minimum absolute atomic E-state index is 0.300. The Hall–Kier alpha value is -0.0800. The summed E-state index contributed by atoms with van der Waals surface area (Å²) in [5.74, 6) is 0. The van der Waals surface area contributed by atoms with Gasteiger partial charge >= 0.3 is 0 Å². The first-order valence-corrected chi connectivity index (χ1v) is 7.15. The van der Waals surface area contributed by atoms with Crippen LogP contribution in [0.25, 0.3) is 0 Å². The van der Waals surface area contributed by atoms with Crippen LogP contribution in [0, 0.1) is 0 Å². The lowest BCUT2D eigenvalue weighted by Crippen LogP contribution is -2.34. The number of hydrogen-bond acceptors (Lipinski definition) is 2. The molecule has 2 nitrogen and oxygen atoms in total. The summed E-state index contributed by atoms with van der Waals surface area (Å²) in [6, 6.07) is 0.605. The molecular formula is C14H27NO. The second kappa shape index (κ2) is 5.50. The Morgan fingerprint density at radius 3 is 2.69 bits per heavy atom. The maximum Gasteiger partial charge on any atom is 0.0687 e. The molecule has 0 radical (unpaired) electrons. The molecule has 2 rings (SSSR count). The van der Waals surface area contributed by atoms with Crippen LogP contribution in [0.2, 0.25) is 0 Å². The fraction of sp³-hybridized carbons (Fsp3) is 1.00. The van der Waals surface area contributed by atoms with Gasteiger partial charge in [-0.25, -0.2) is 0 Å². The minimum atomic E-state index is 0.300. The zero-order valence-corrected chi connectivity index (χ0v) is 10.9. The van der Waals surface area contributed by atoms with Gasteiger partial charge in [0.1, 0.15) is 0 Å². The largest absolute Gasteiger partial charge is 0.372 e. The normalized spacial score (nSPS) is 30.8. The molecule has 1 heterocycles. The fourth-order valence-corrected chi connectivity index (χ4v) is 3.45. The molecular weight excluding hydrogens is 198 g/mol. The van der Waals surface area contributed by atoms with Gasteiger partial charge < -0.3 is 10.1 Å². The second-order valence-electron chi connectivity index (χ2n) is 5.72. The summed E-state index contributed by atoms with van der Waals surface area (Å²) in [4.78, 5) is 0. The van der Waals surface area contributed by atoms with Crippen molar-refractivity contribution in [2.75, 3.05) is 6.54 Å². The summed E-state index contributed by atoms with van der Waals surface area (Å²) in [5, 5.41) is 3.48. The van der Waals surface area contributed by atoms with E-state index in [-0.39, 0.29) is 0 Å². The van der Waals surface area contributed by atoms with Crippen molar-refractivity contribution in [3.63, 3.8) is 0 Å². The summed E-state index contributed by atoms with van der Waals surface area (Å²) in [6.45, 7) is 5.52. The molecule has 1 aliphatic carbocycles. The average molecular weight is 225 g/mol. The first kappa shape index (κ1) is 12.4. The Kier molecular flexibility index (Phi) is 4.26. The molecule has 1 aliphatic heterocycles. The molecule has 0 aromatic heterocycles. The Bertz CT molecular complexity index is 211. The number of rotatable bonds is 4. The predicted octanol–water partition coefficient (Wildman–Crippen LogP) is 3.26. The van der Waals surface area contributed by atoms with Crippen LogP contribution in [0.4, 0.5) is 0 Å². The number of nitrogens with one attached hydrogen (secondary N) is 1. The fourth-order valence-electron chi connectivity index (χ4n) is 3.45. The zero-order valence-electron chi connectivity index (χ0n) is 10.9. The van der Waals surface area contributed by atoms with E-state index < -0.39 is 0 Å². The van der Waals surface area contributed by atoms with Crippen LogP contribution in [0.3, 0.4) is 0 Å². The maximum absolute atomic E-state index is 6.37. The van der Waals surface area contributed by atoms with E-state index in [1.165, 1.54) is 51.4 Å². The summed E-state index contributed by atoms with van der Waals surface area (Å²) >= 11 is 0. The standard InChI is InChI=1S/C14H27NO/c1-3-15-12(2)11-13-7-10-14(16-13)8-5-4-6-9-14/h12-13,15H,3-11H2,1-2H3. The molecule has 16 heavy (non-hydrogen) atoms. The highest BCUT2D eigenvalue weighted by Crippen LogP contribution is 2.42. The van der Waals surface area contributed by atoms with Gasteiger partial charge in [0.15, 0.2) is 0 Å². The Balaban J connectivity index is 1.78. The molecule has 1 spiro atoms. The van der Waals surface area contributed by atoms with Gasteiger partial charge in [-0.3, -0.25) is 0 Å². The Morgan fingerprint density at radius 2 is 2.00 bits per heavy atom. The van der Waals surface area contributed by atoms with E-state index in [4.69, 9.17) is 4.74 Å². The Labute approximate surface area is 100 Å². The third kappa shape index (κ3) is 2.98. The molecule has 2 fully saturated rings. The molecule has 2 atom stereocenters. The quantitative estimate of drug-likeness (QED) is 0.793. The van der Waals surface area contributed by atoms with Crippen LogP contribution < -0.4 is 5.32 Å². The molecule has 2 unspecified atom stereocenters. The highest BCUT2D eigenvalue weighted by Gasteiger charge is 2.40. The molecule has 1 saturated heterocycles. The smallest absolute Gasteiger partial charge is 0.0687 e. The van der Waals surface area contributed by atoms with Crippen molar-refractivity contribution >= 4 is 0 Å². The van der Waals surface area contributed by atoms with E-state index >= 15 is 0 Å². The van der Waals surface area contributed by atoms with Crippen LogP contribution in [-0.4, -0.2) is 24.3 Å². The van der Waals surface area contributed by atoms with Crippen molar-refractivity contribution in [2.45, 2.75) is 83.0 Å². The molecule has 0 amide bonds.